The van der Waals surface area contributed by atoms with Crippen molar-refractivity contribution in [2.75, 3.05) is 6.61 Å². The average Bonchev–Trinajstić information content (AvgIpc) is 2.04. The van der Waals surface area contributed by atoms with Crippen LogP contribution in [0.3, 0.4) is 0 Å². The van der Waals surface area contributed by atoms with E-state index in [1.54, 1.807) is 0 Å². The van der Waals surface area contributed by atoms with Gasteiger partial charge in [-0.3, -0.25) is 0 Å². The quantitative estimate of drug-likeness (QED) is 0.433. The van der Waals surface area contributed by atoms with Crippen molar-refractivity contribution in [3.63, 3.8) is 0 Å². The maximum absolute atomic E-state index is 8.88. The number of unbranched alkanes of at least 4 members (excludes halogenated alkanes) is 1. The van der Waals surface area contributed by atoms with Crippen molar-refractivity contribution < 1.29 is 24.4 Å². The van der Waals surface area contributed by atoms with Crippen molar-refractivity contribution in [3.05, 3.63) is 0 Å². The summed E-state index contributed by atoms with van der Waals surface area (Å²) in [5.41, 5.74) is 0. The Morgan fingerprint density at radius 3 is 1.80 bits per heavy atom. The Morgan fingerprint density at radius 2 is 1.60 bits per heavy atom. The normalized spacial score (nSPS) is 12.1. The number of rotatable bonds is 5. The first-order chi connectivity index (χ1) is 6.35. The average molecular weight is 268 g/mol. The molecule has 0 aromatic rings. The molecular formula is C8H22KO5P. The van der Waals surface area contributed by atoms with E-state index in [4.69, 9.17) is 24.4 Å². The van der Waals surface area contributed by atoms with Gasteiger partial charge in [0.05, 0.1) is 0 Å². The Morgan fingerprint density at radius 1 is 1.20 bits per heavy atom. The van der Waals surface area contributed by atoms with E-state index in [-0.39, 0.29) is 51.4 Å². The number of phosphoric acid groups is 1. The molecule has 0 heterocycles. The summed E-state index contributed by atoms with van der Waals surface area (Å²) in [6.45, 7) is 4.69. The Bertz CT molecular complexity index is 149. The van der Waals surface area contributed by atoms with Crippen molar-refractivity contribution in [3.8, 4) is 0 Å². The summed E-state index contributed by atoms with van der Waals surface area (Å²) in [5, 5.41) is 8.75. The Kier molecular flexibility index (Phi) is 20.1. The van der Waals surface area contributed by atoms with Gasteiger partial charge >= 0.3 is 59.2 Å². The second kappa shape index (κ2) is 13.8. The predicted octanol–water partition coefficient (Wildman–Crippen LogP) is 0.618. The fourth-order valence-electron chi connectivity index (χ4n) is 0.917. The molecule has 0 amide bonds. The van der Waals surface area contributed by atoms with Crippen LogP contribution < -0.4 is 0 Å². The molecule has 0 saturated carbocycles. The summed E-state index contributed by atoms with van der Waals surface area (Å²) < 4.78 is 8.88. The van der Waals surface area contributed by atoms with Crippen LogP contribution in [0.1, 0.15) is 39.5 Å². The molecule has 0 saturated heterocycles. The van der Waals surface area contributed by atoms with Gasteiger partial charge in [0, 0.05) is 6.61 Å². The van der Waals surface area contributed by atoms with Gasteiger partial charge in [0.2, 0.25) is 0 Å². The summed E-state index contributed by atoms with van der Waals surface area (Å²) >= 11 is 0. The molecule has 1 atom stereocenters. The van der Waals surface area contributed by atoms with Crippen LogP contribution in [0.2, 0.25) is 0 Å². The molecule has 0 rings (SSSR count). The Balaban J connectivity index is -0.000000208. The monoisotopic (exact) mass is 268 g/mol. The van der Waals surface area contributed by atoms with E-state index in [0.717, 1.165) is 6.42 Å². The molecule has 0 aliphatic heterocycles. The topological polar surface area (TPSA) is 98.0 Å². The molecule has 0 spiro atoms. The van der Waals surface area contributed by atoms with E-state index in [1.165, 1.54) is 19.3 Å². The van der Waals surface area contributed by atoms with E-state index >= 15 is 0 Å². The summed E-state index contributed by atoms with van der Waals surface area (Å²) in [4.78, 5) is 21.6. The second-order valence-electron chi connectivity index (χ2n) is 3.11. The molecule has 0 radical (unpaired) electrons. The standard InChI is InChI=1S/C8H18O.K.H3O4P.H/c1-3-5-6-8(4-2)7-9;;1-5(2,3)4;/h8-9H,3-7H2,1-2H3;;(H3,1,2,3,4);. The van der Waals surface area contributed by atoms with Gasteiger partial charge in [-0.05, 0) is 12.3 Å². The molecule has 0 aromatic carbocycles. The SMILES string of the molecule is CCCCC(CC)CO.O=P(O)(O)O.[KH]. The van der Waals surface area contributed by atoms with Gasteiger partial charge in [0.1, 0.15) is 0 Å². The van der Waals surface area contributed by atoms with Gasteiger partial charge in [-0.2, -0.15) is 0 Å². The summed E-state index contributed by atoms with van der Waals surface area (Å²) in [6, 6.07) is 0. The molecule has 4 N–H and O–H groups in total. The number of aliphatic hydroxyl groups excluding tert-OH is 1. The molecular weight excluding hydrogens is 246 g/mol. The fraction of sp³-hybridized carbons (Fsp3) is 1.00. The van der Waals surface area contributed by atoms with E-state index in [2.05, 4.69) is 13.8 Å². The minimum absolute atomic E-state index is 0. The van der Waals surface area contributed by atoms with Crippen LogP contribution in [0.5, 0.6) is 0 Å². The molecule has 0 bridgehead atoms. The van der Waals surface area contributed by atoms with Crippen molar-refractivity contribution >= 4 is 59.2 Å². The maximum atomic E-state index is 8.88. The van der Waals surface area contributed by atoms with Crippen molar-refractivity contribution in [1.29, 1.82) is 0 Å². The summed E-state index contributed by atoms with van der Waals surface area (Å²) in [7, 11) is -4.64. The molecule has 0 aromatic heterocycles. The van der Waals surface area contributed by atoms with Gasteiger partial charge in [-0.25, -0.2) is 4.57 Å². The molecule has 90 valence electrons. The third-order valence-corrected chi connectivity index (χ3v) is 1.80. The Labute approximate surface area is 134 Å². The zero-order valence-electron chi connectivity index (χ0n) is 8.76. The van der Waals surface area contributed by atoms with Crippen molar-refractivity contribution in [2.45, 2.75) is 39.5 Å². The molecule has 0 aliphatic carbocycles. The Hall–Kier alpha value is 1.71. The van der Waals surface area contributed by atoms with Crippen molar-refractivity contribution in [2.24, 2.45) is 5.92 Å². The first-order valence-electron chi connectivity index (χ1n) is 4.74. The fourth-order valence-corrected chi connectivity index (χ4v) is 0.917. The van der Waals surface area contributed by atoms with Crippen molar-refractivity contribution in [1.82, 2.24) is 0 Å². The molecule has 0 fully saturated rings. The van der Waals surface area contributed by atoms with Crippen LogP contribution in [0.25, 0.3) is 0 Å². The number of hydrogen-bond acceptors (Lipinski definition) is 2. The van der Waals surface area contributed by atoms with Crippen LogP contribution >= 0.6 is 7.82 Å². The molecule has 15 heavy (non-hydrogen) atoms. The molecule has 1 unspecified atom stereocenters. The summed E-state index contributed by atoms with van der Waals surface area (Å²) in [5.74, 6) is 0.560. The zero-order valence-corrected chi connectivity index (χ0v) is 9.65. The first-order valence-corrected chi connectivity index (χ1v) is 6.30. The molecule has 7 heteroatoms. The van der Waals surface area contributed by atoms with E-state index in [9.17, 15) is 0 Å². The van der Waals surface area contributed by atoms with Crippen LogP contribution in [0, 0.1) is 5.92 Å². The van der Waals surface area contributed by atoms with Crippen LogP contribution in [0.15, 0.2) is 0 Å². The second-order valence-corrected chi connectivity index (χ2v) is 4.14. The number of aliphatic hydroxyl groups is 1. The van der Waals surface area contributed by atoms with E-state index in [1.807, 2.05) is 0 Å². The predicted molar refractivity (Wildman–Crippen MR) is 61.8 cm³/mol. The molecule has 0 aliphatic rings. The van der Waals surface area contributed by atoms with Gasteiger partial charge in [-0.1, -0.05) is 33.1 Å². The molecule has 5 nitrogen and oxygen atoms in total. The van der Waals surface area contributed by atoms with Gasteiger partial charge in [-0.15, -0.1) is 0 Å². The zero-order chi connectivity index (χ0) is 11.6. The van der Waals surface area contributed by atoms with E-state index in [0.29, 0.717) is 12.5 Å². The van der Waals surface area contributed by atoms with Gasteiger partial charge in [0.25, 0.3) is 0 Å². The third-order valence-electron chi connectivity index (χ3n) is 1.80. The van der Waals surface area contributed by atoms with Crippen LogP contribution in [-0.2, 0) is 4.57 Å². The minimum atomic E-state index is -4.64. The number of hydrogen-bond donors (Lipinski definition) is 4. The van der Waals surface area contributed by atoms with Gasteiger partial charge < -0.3 is 19.8 Å². The first kappa shape index (κ1) is 21.9. The van der Waals surface area contributed by atoms with Crippen LogP contribution in [0.4, 0.5) is 0 Å². The third kappa shape index (κ3) is 31.3. The van der Waals surface area contributed by atoms with Crippen LogP contribution in [-0.4, -0.2) is 77.8 Å². The van der Waals surface area contributed by atoms with E-state index < -0.39 is 7.82 Å². The van der Waals surface area contributed by atoms with Gasteiger partial charge in [0.15, 0.2) is 0 Å². The summed E-state index contributed by atoms with van der Waals surface area (Å²) in [6.07, 6.45) is 4.83.